The highest BCUT2D eigenvalue weighted by molar-refractivity contribution is 9.10. The summed E-state index contributed by atoms with van der Waals surface area (Å²) in [6.45, 7) is 4.45. The van der Waals surface area contributed by atoms with Gasteiger partial charge in [0, 0.05) is 15.1 Å². The van der Waals surface area contributed by atoms with Crippen molar-refractivity contribution in [1.29, 1.82) is 0 Å². The van der Waals surface area contributed by atoms with E-state index in [4.69, 9.17) is 0 Å². The third-order valence-corrected chi connectivity index (χ3v) is 4.19. The molecule has 1 unspecified atom stereocenters. The molecule has 0 radical (unpaired) electrons. The number of aliphatic hydroxyl groups is 1. The molecular weight excluding hydrogens is 296 g/mol. The highest BCUT2D eigenvalue weighted by Crippen LogP contribution is 2.23. The van der Waals surface area contributed by atoms with Crippen molar-refractivity contribution in [2.24, 2.45) is 5.92 Å². The van der Waals surface area contributed by atoms with Crippen LogP contribution in [0.3, 0.4) is 0 Å². The van der Waals surface area contributed by atoms with Crippen LogP contribution in [0.2, 0.25) is 0 Å². The van der Waals surface area contributed by atoms with Crippen molar-refractivity contribution in [3.05, 3.63) is 28.7 Å². The molecular formula is C14H21BrOS. The Morgan fingerprint density at radius 1 is 1.29 bits per heavy atom. The third kappa shape index (κ3) is 7.12. The molecule has 0 aliphatic rings. The summed E-state index contributed by atoms with van der Waals surface area (Å²) in [6.07, 6.45) is 3.06. The fraction of sp³-hybridized carbons (Fsp3) is 0.571. The van der Waals surface area contributed by atoms with Crippen molar-refractivity contribution in [1.82, 2.24) is 0 Å². The van der Waals surface area contributed by atoms with Crippen LogP contribution in [-0.2, 0) is 0 Å². The molecule has 1 aromatic carbocycles. The first-order valence-electron chi connectivity index (χ1n) is 6.14. The molecule has 3 heteroatoms. The zero-order valence-electron chi connectivity index (χ0n) is 10.5. The molecule has 0 spiro atoms. The molecule has 1 atom stereocenters. The quantitative estimate of drug-likeness (QED) is 0.734. The zero-order valence-corrected chi connectivity index (χ0v) is 12.9. The van der Waals surface area contributed by atoms with Crippen LogP contribution in [0.4, 0.5) is 0 Å². The summed E-state index contributed by atoms with van der Waals surface area (Å²) in [5.41, 5.74) is 0. The van der Waals surface area contributed by atoms with Gasteiger partial charge in [0.25, 0.3) is 0 Å². The van der Waals surface area contributed by atoms with Gasteiger partial charge in [0.15, 0.2) is 0 Å². The molecule has 0 fully saturated rings. The van der Waals surface area contributed by atoms with Gasteiger partial charge < -0.3 is 5.11 Å². The Hall–Kier alpha value is 0.01000. The fourth-order valence-electron chi connectivity index (χ4n) is 1.59. The summed E-state index contributed by atoms with van der Waals surface area (Å²) >= 11 is 5.17. The lowest BCUT2D eigenvalue weighted by molar-refractivity contribution is 0.183. The van der Waals surface area contributed by atoms with Gasteiger partial charge in [0.1, 0.15) is 0 Å². The van der Waals surface area contributed by atoms with E-state index in [-0.39, 0.29) is 6.10 Å². The van der Waals surface area contributed by atoms with Gasteiger partial charge >= 0.3 is 0 Å². The van der Waals surface area contributed by atoms with Gasteiger partial charge in [0.05, 0.1) is 6.10 Å². The fourth-order valence-corrected chi connectivity index (χ4v) is 3.08. The molecule has 17 heavy (non-hydrogen) atoms. The first-order valence-corrected chi connectivity index (χ1v) is 7.92. The molecule has 96 valence electrons. The van der Waals surface area contributed by atoms with Gasteiger partial charge in [-0.05, 0) is 30.5 Å². The van der Waals surface area contributed by atoms with Gasteiger partial charge in [-0.25, -0.2) is 0 Å². The Balaban J connectivity index is 2.21. The molecule has 0 heterocycles. The topological polar surface area (TPSA) is 20.2 Å². The van der Waals surface area contributed by atoms with Gasteiger partial charge in [-0.15, -0.1) is 11.8 Å². The summed E-state index contributed by atoms with van der Waals surface area (Å²) in [5.74, 6) is 1.52. The van der Waals surface area contributed by atoms with Gasteiger partial charge in [0.2, 0.25) is 0 Å². The van der Waals surface area contributed by atoms with Crippen LogP contribution in [0.1, 0.15) is 33.1 Å². The highest BCUT2D eigenvalue weighted by atomic mass is 79.9. The normalized spacial score (nSPS) is 13.0. The lowest BCUT2D eigenvalue weighted by atomic mass is 10.1. The van der Waals surface area contributed by atoms with Crippen molar-refractivity contribution in [3.63, 3.8) is 0 Å². The number of thioether (sulfide) groups is 1. The Bertz CT molecular complexity index is 328. The average Bonchev–Trinajstić information content (AvgIpc) is 2.26. The van der Waals surface area contributed by atoms with Gasteiger partial charge in [-0.1, -0.05) is 48.7 Å². The first-order chi connectivity index (χ1) is 8.08. The number of hydrogen-bond donors (Lipinski definition) is 1. The molecule has 0 amide bonds. The maximum absolute atomic E-state index is 9.86. The molecule has 1 aromatic rings. The maximum atomic E-state index is 9.86. The maximum Gasteiger partial charge on any atom is 0.0634 e. The summed E-state index contributed by atoms with van der Waals surface area (Å²) < 4.78 is 1.09. The van der Waals surface area contributed by atoms with Crippen LogP contribution in [0, 0.1) is 5.92 Å². The lowest BCUT2D eigenvalue weighted by Crippen LogP contribution is -2.09. The van der Waals surface area contributed by atoms with E-state index in [1.165, 1.54) is 11.3 Å². The van der Waals surface area contributed by atoms with E-state index in [1.54, 1.807) is 11.8 Å². The van der Waals surface area contributed by atoms with E-state index in [0.29, 0.717) is 0 Å². The number of rotatable bonds is 7. The largest absolute Gasteiger partial charge is 0.392 e. The van der Waals surface area contributed by atoms with Crippen molar-refractivity contribution in [3.8, 4) is 0 Å². The first kappa shape index (κ1) is 15.1. The Morgan fingerprint density at radius 2 is 2.06 bits per heavy atom. The predicted molar refractivity (Wildman–Crippen MR) is 79.6 cm³/mol. The summed E-state index contributed by atoms with van der Waals surface area (Å²) in [7, 11) is 0. The number of hydrogen-bond acceptors (Lipinski definition) is 2. The Labute approximate surface area is 117 Å². The van der Waals surface area contributed by atoms with Gasteiger partial charge in [-0.3, -0.25) is 0 Å². The minimum atomic E-state index is -0.183. The second-order valence-corrected chi connectivity index (χ2v) is 6.76. The number of benzene rings is 1. The molecule has 0 aromatic heterocycles. The Kier molecular flexibility index (Phi) is 7.24. The highest BCUT2D eigenvalue weighted by Gasteiger charge is 2.06. The molecule has 1 N–H and O–H groups in total. The van der Waals surface area contributed by atoms with E-state index < -0.39 is 0 Å². The van der Waals surface area contributed by atoms with Crippen molar-refractivity contribution < 1.29 is 5.11 Å². The Morgan fingerprint density at radius 3 is 2.71 bits per heavy atom. The second kappa shape index (κ2) is 8.17. The van der Waals surface area contributed by atoms with Crippen LogP contribution in [-0.4, -0.2) is 17.0 Å². The summed E-state index contributed by atoms with van der Waals surface area (Å²) in [5, 5.41) is 9.86. The van der Waals surface area contributed by atoms with E-state index in [9.17, 15) is 5.11 Å². The summed E-state index contributed by atoms with van der Waals surface area (Å²) in [6, 6.07) is 8.21. The van der Waals surface area contributed by atoms with E-state index in [0.717, 1.165) is 29.0 Å². The van der Waals surface area contributed by atoms with E-state index >= 15 is 0 Å². The van der Waals surface area contributed by atoms with Crippen molar-refractivity contribution in [2.45, 2.75) is 44.1 Å². The molecule has 1 nitrogen and oxygen atoms in total. The number of aliphatic hydroxyl groups excluding tert-OH is 1. The van der Waals surface area contributed by atoms with Crippen LogP contribution in [0.25, 0.3) is 0 Å². The van der Waals surface area contributed by atoms with Crippen molar-refractivity contribution >= 4 is 27.7 Å². The standard InChI is InChI=1S/C14H21BrOS/c1-11(2)5-3-7-13(16)10-17-14-8-4-6-12(15)9-14/h4,6,8-9,11,13,16H,3,5,7,10H2,1-2H3. The predicted octanol–water partition coefficient (Wildman–Crippen LogP) is 4.73. The lowest BCUT2D eigenvalue weighted by Gasteiger charge is -2.11. The molecule has 1 rings (SSSR count). The summed E-state index contributed by atoms with van der Waals surface area (Å²) in [4.78, 5) is 1.21. The van der Waals surface area contributed by atoms with Crippen LogP contribution in [0.15, 0.2) is 33.6 Å². The monoisotopic (exact) mass is 316 g/mol. The smallest absolute Gasteiger partial charge is 0.0634 e. The molecule has 0 bridgehead atoms. The minimum absolute atomic E-state index is 0.183. The van der Waals surface area contributed by atoms with Gasteiger partial charge in [-0.2, -0.15) is 0 Å². The van der Waals surface area contributed by atoms with Crippen LogP contribution >= 0.6 is 27.7 Å². The molecule has 0 aliphatic heterocycles. The van der Waals surface area contributed by atoms with Crippen LogP contribution in [0.5, 0.6) is 0 Å². The second-order valence-electron chi connectivity index (χ2n) is 4.75. The zero-order chi connectivity index (χ0) is 12.7. The third-order valence-electron chi connectivity index (χ3n) is 2.56. The molecule has 0 saturated heterocycles. The number of halogens is 1. The van der Waals surface area contributed by atoms with E-state index in [1.807, 2.05) is 12.1 Å². The van der Waals surface area contributed by atoms with Crippen molar-refractivity contribution in [2.75, 3.05) is 5.75 Å². The minimum Gasteiger partial charge on any atom is -0.392 e. The van der Waals surface area contributed by atoms with Crippen LogP contribution < -0.4 is 0 Å². The average molecular weight is 317 g/mol. The van der Waals surface area contributed by atoms with E-state index in [2.05, 4.69) is 41.9 Å². The molecule has 0 saturated carbocycles. The SMILES string of the molecule is CC(C)CCCC(O)CSc1cccc(Br)c1. The molecule has 0 aliphatic carbocycles.